The smallest absolute Gasteiger partial charge is 0.179 e. The van der Waals surface area contributed by atoms with Crippen LogP contribution in [-0.4, -0.2) is 14.4 Å². The Kier molecular flexibility index (Phi) is 3.80. The van der Waals surface area contributed by atoms with E-state index in [-0.39, 0.29) is 0 Å². The van der Waals surface area contributed by atoms with Gasteiger partial charge in [-0.2, -0.15) is 0 Å². The SMILES string of the molecule is Cc1nc(I)n2c(I)c(I)c(I)c2n1. The molecule has 14 heavy (non-hydrogen) atoms. The highest BCUT2D eigenvalue weighted by Gasteiger charge is 2.16. The van der Waals surface area contributed by atoms with Gasteiger partial charge in [-0.1, -0.05) is 0 Å². The van der Waals surface area contributed by atoms with Crippen LogP contribution in [0.4, 0.5) is 0 Å². The monoisotopic (exact) mass is 637 g/mol. The van der Waals surface area contributed by atoms with Crippen LogP contribution in [0.15, 0.2) is 0 Å². The predicted octanol–water partition coefficient (Wildman–Crippen LogP) is 3.46. The van der Waals surface area contributed by atoms with Gasteiger partial charge in [-0.3, -0.25) is 4.40 Å². The van der Waals surface area contributed by atoms with E-state index in [1.165, 1.54) is 10.8 Å². The fourth-order valence-corrected chi connectivity index (χ4v) is 4.73. The Hall–Kier alpha value is 1.54. The lowest BCUT2D eigenvalue weighted by Crippen LogP contribution is -2.02. The van der Waals surface area contributed by atoms with Gasteiger partial charge >= 0.3 is 0 Å². The van der Waals surface area contributed by atoms with Crippen molar-refractivity contribution in [3.05, 3.63) is 20.5 Å². The lowest BCUT2D eigenvalue weighted by atomic mass is 10.6. The summed E-state index contributed by atoms with van der Waals surface area (Å²) in [6.45, 7) is 1.92. The minimum atomic E-state index is 0.824. The number of fused-ring (bicyclic) bond motifs is 1. The van der Waals surface area contributed by atoms with Gasteiger partial charge in [0.15, 0.2) is 9.48 Å². The van der Waals surface area contributed by atoms with Crippen LogP contribution >= 0.6 is 90.4 Å². The van der Waals surface area contributed by atoms with Crippen LogP contribution in [0.25, 0.3) is 5.65 Å². The molecule has 74 valence electrons. The largest absolute Gasteiger partial charge is 0.266 e. The van der Waals surface area contributed by atoms with Crippen molar-refractivity contribution >= 4 is 96.0 Å². The molecule has 0 atom stereocenters. The first kappa shape index (κ1) is 12.0. The predicted molar refractivity (Wildman–Crippen MR) is 88.6 cm³/mol. The van der Waals surface area contributed by atoms with Crippen LogP contribution in [0.5, 0.6) is 0 Å². The number of nitrogens with zero attached hydrogens (tertiary/aromatic N) is 3. The average molecular weight is 637 g/mol. The van der Waals surface area contributed by atoms with Gasteiger partial charge in [0.2, 0.25) is 0 Å². The molecule has 0 unspecified atom stereocenters. The topological polar surface area (TPSA) is 30.2 Å². The third kappa shape index (κ3) is 1.89. The van der Waals surface area contributed by atoms with E-state index >= 15 is 0 Å². The van der Waals surface area contributed by atoms with Crippen LogP contribution < -0.4 is 0 Å². The van der Waals surface area contributed by atoms with E-state index in [4.69, 9.17) is 0 Å². The molecule has 0 spiro atoms. The first-order valence-electron chi connectivity index (χ1n) is 3.57. The number of aryl methyl sites for hydroxylation is 1. The summed E-state index contributed by atoms with van der Waals surface area (Å²) in [7, 11) is 0. The summed E-state index contributed by atoms with van der Waals surface area (Å²) in [5.74, 6) is 0.824. The highest BCUT2D eigenvalue weighted by molar-refractivity contribution is 14.1. The second-order valence-electron chi connectivity index (χ2n) is 2.62. The molecule has 0 saturated carbocycles. The summed E-state index contributed by atoms with van der Waals surface area (Å²) < 4.78 is 6.69. The molecule has 0 aromatic carbocycles. The zero-order chi connectivity index (χ0) is 10.5. The molecule has 2 aromatic rings. The molecule has 0 aliphatic heterocycles. The Morgan fingerprint density at radius 1 is 1.00 bits per heavy atom. The van der Waals surface area contributed by atoms with Gasteiger partial charge in [0.05, 0.1) is 7.14 Å². The van der Waals surface area contributed by atoms with E-state index in [0.29, 0.717) is 0 Å². The number of halogens is 4. The van der Waals surface area contributed by atoms with Crippen molar-refractivity contribution < 1.29 is 0 Å². The van der Waals surface area contributed by atoms with Crippen molar-refractivity contribution in [2.45, 2.75) is 6.92 Å². The average Bonchev–Trinajstić information content (AvgIpc) is 2.31. The highest BCUT2D eigenvalue weighted by atomic mass is 127. The van der Waals surface area contributed by atoms with Crippen molar-refractivity contribution in [1.29, 1.82) is 0 Å². The van der Waals surface area contributed by atoms with Crippen molar-refractivity contribution in [3.63, 3.8) is 0 Å². The van der Waals surface area contributed by atoms with E-state index < -0.39 is 0 Å². The molecule has 2 rings (SSSR count). The van der Waals surface area contributed by atoms with E-state index in [2.05, 4.69) is 105 Å². The number of aromatic nitrogens is 3. The van der Waals surface area contributed by atoms with Crippen molar-refractivity contribution in [3.8, 4) is 0 Å². The maximum atomic E-state index is 4.45. The fourth-order valence-electron chi connectivity index (χ4n) is 1.11. The van der Waals surface area contributed by atoms with E-state index in [0.717, 1.165) is 15.3 Å². The first-order valence-corrected chi connectivity index (χ1v) is 7.89. The van der Waals surface area contributed by atoms with Crippen molar-refractivity contribution in [2.24, 2.45) is 0 Å². The summed E-state index contributed by atoms with van der Waals surface area (Å²) in [5, 5.41) is 0. The minimum absolute atomic E-state index is 0.824. The van der Waals surface area contributed by atoms with E-state index in [9.17, 15) is 0 Å². The normalized spacial score (nSPS) is 11.2. The zero-order valence-electron chi connectivity index (χ0n) is 6.85. The first-order chi connectivity index (χ1) is 6.52. The van der Waals surface area contributed by atoms with Gasteiger partial charge in [0, 0.05) is 22.6 Å². The van der Waals surface area contributed by atoms with Gasteiger partial charge < -0.3 is 0 Å². The molecule has 0 amide bonds. The number of rotatable bonds is 0. The second kappa shape index (κ2) is 4.43. The molecule has 0 bridgehead atoms. The van der Waals surface area contributed by atoms with Crippen LogP contribution in [-0.2, 0) is 0 Å². The molecule has 0 N–H and O–H groups in total. The molecular weight excluding hydrogens is 634 g/mol. The quantitative estimate of drug-likeness (QED) is 0.415. The summed E-state index contributed by atoms with van der Waals surface area (Å²) in [6, 6.07) is 0. The van der Waals surface area contributed by atoms with Crippen LogP contribution in [0, 0.1) is 21.6 Å². The van der Waals surface area contributed by atoms with E-state index in [1.807, 2.05) is 6.92 Å². The van der Waals surface area contributed by atoms with Gasteiger partial charge in [0.25, 0.3) is 0 Å². The third-order valence-corrected chi connectivity index (χ3v) is 7.57. The Morgan fingerprint density at radius 3 is 2.29 bits per heavy atom. The molecule has 0 fully saturated rings. The standard InChI is InChI=1S/C7H3I4N3/c1-2-12-6-4(9)3(8)5(10)14(6)7(11)13-2/h1H3. The number of hydrogen-bond acceptors (Lipinski definition) is 2. The molecule has 0 saturated heterocycles. The van der Waals surface area contributed by atoms with Gasteiger partial charge in [-0.05, 0) is 74.7 Å². The maximum Gasteiger partial charge on any atom is 0.179 e. The molecule has 3 nitrogen and oxygen atoms in total. The minimum Gasteiger partial charge on any atom is -0.266 e. The van der Waals surface area contributed by atoms with Gasteiger partial charge in [-0.25, -0.2) is 9.97 Å². The Morgan fingerprint density at radius 2 is 1.64 bits per heavy atom. The van der Waals surface area contributed by atoms with Gasteiger partial charge in [0.1, 0.15) is 9.53 Å². The molecular formula is C7H3I4N3. The molecule has 0 aliphatic rings. The summed E-state index contributed by atoms with van der Waals surface area (Å²) in [4.78, 5) is 8.79. The summed E-state index contributed by atoms with van der Waals surface area (Å²) in [6.07, 6.45) is 0. The highest BCUT2D eigenvalue weighted by Crippen LogP contribution is 2.28. The van der Waals surface area contributed by atoms with E-state index in [1.54, 1.807) is 0 Å². The molecule has 0 aliphatic carbocycles. The Bertz CT molecular complexity index is 519. The van der Waals surface area contributed by atoms with Crippen LogP contribution in [0.3, 0.4) is 0 Å². The Labute approximate surface area is 135 Å². The van der Waals surface area contributed by atoms with Crippen molar-refractivity contribution in [1.82, 2.24) is 14.4 Å². The maximum absolute atomic E-state index is 4.45. The van der Waals surface area contributed by atoms with Gasteiger partial charge in [-0.15, -0.1) is 0 Å². The number of hydrogen-bond donors (Lipinski definition) is 0. The lowest BCUT2D eigenvalue weighted by Gasteiger charge is -2.00. The third-order valence-electron chi connectivity index (χ3n) is 1.68. The zero-order valence-corrected chi connectivity index (χ0v) is 15.5. The van der Waals surface area contributed by atoms with Crippen LogP contribution in [0.2, 0.25) is 0 Å². The summed E-state index contributed by atoms with van der Waals surface area (Å²) in [5.41, 5.74) is 1.01. The molecule has 0 radical (unpaired) electrons. The van der Waals surface area contributed by atoms with Crippen LogP contribution in [0.1, 0.15) is 5.82 Å². The fraction of sp³-hybridized carbons (Fsp3) is 0.143. The molecule has 7 heteroatoms. The van der Waals surface area contributed by atoms with Crippen molar-refractivity contribution in [2.75, 3.05) is 0 Å². The lowest BCUT2D eigenvalue weighted by molar-refractivity contribution is 0.914. The molecule has 2 heterocycles. The Balaban J connectivity index is 3.02. The molecule has 2 aromatic heterocycles. The second-order valence-corrected chi connectivity index (χ2v) is 6.76. The summed E-state index contributed by atoms with van der Waals surface area (Å²) >= 11 is 9.24.